The lowest BCUT2D eigenvalue weighted by molar-refractivity contribution is 1.09. The van der Waals surface area contributed by atoms with Crippen molar-refractivity contribution in [1.29, 1.82) is 0 Å². The van der Waals surface area contributed by atoms with Crippen LogP contribution in [0, 0.1) is 0 Å². The van der Waals surface area contributed by atoms with Crippen LogP contribution in [0.4, 0.5) is 0 Å². The predicted molar refractivity (Wildman–Crippen MR) is 309 cm³/mol. The standard InChI is InChI=1S/C3H8.7C3H6.16C2H6/c8*1-3-2;16*1-2/h3H2,1-2H3;7*3H,1H2,2H3;16*1-2H3. The molecule has 0 nitrogen and oxygen atoms in total. The molecule has 0 aliphatic carbocycles. The van der Waals surface area contributed by atoms with Crippen LogP contribution in [0.25, 0.3) is 0 Å². The lowest BCUT2D eigenvalue weighted by Crippen LogP contribution is -1.27. The maximum Gasteiger partial charge on any atom is -0.0473 e. The average molecular weight is 820 g/mol. The van der Waals surface area contributed by atoms with Gasteiger partial charge in [0.25, 0.3) is 0 Å². The molecular weight excluding hydrogens is 673 g/mol. The molecule has 0 fully saturated rings. The fourth-order valence-electron chi connectivity index (χ4n) is 0. The Balaban J connectivity index is -0.00000000870. The Labute approximate surface area is 377 Å². The highest BCUT2D eigenvalue weighted by atomic mass is 13.4. The van der Waals surface area contributed by atoms with Crippen molar-refractivity contribution in [3.05, 3.63) is 88.6 Å². The zero-order valence-electron chi connectivity index (χ0n) is 50.7. The molecule has 0 heterocycles. The topological polar surface area (TPSA) is 0 Å². The van der Waals surface area contributed by atoms with Crippen LogP contribution in [-0.2, 0) is 0 Å². The molecule has 370 valence electrons. The first kappa shape index (κ1) is 168. The number of rotatable bonds is 0. The van der Waals surface area contributed by atoms with Gasteiger partial charge in [-0.15, -0.1) is 46.1 Å². The van der Waals surface area contributed by atoms with Crippen LogP contribution in [0.15, 0.2) is 88.6 Å². The summed E-state index contributed by atoms with van der Waals surface area (Å²) < 4.78 is 0. The molecule has 0 saturated carbocycles. The number of allylic oxidation sites excluding steroid dienone is 7. The summed E-state index contributed by atoms with van der Waals surface area (Å²) in [5, 5.41) is 0. The van der Waals surface area contributed by atoms with Crippen molar-refractivity contribution >= 4 is 0 Å². The van der Waals surface area contributed by atoms with Crippen molar-refractivity contribution in [2.24, 2.45) is 0 Å². The molecule has 0 aromatic carbocycles. The van der Waals surface area contributed by atoms with Gasteiger partial charge < -0.3 is 0 Å². The summed E-state index contributed by atoms with van der Waals surface area (Å²) in [5.74, 6) is 0. The van der Waals surface area contributed by atoms with Crippen LogP contribution in [0.5, 0.6) is 0 Å². The van der Waals surface area contributed by atoms with Crippen molar-refractivity contribution < 1.29 is 0 Å². The Hall–Kier alpha value is -1.82. The van der Waals surface area contributed by atoms with E-state index in [-0.39, 0.29) is 0 Å². The fourth-order valence-corrected chi connectivity index (χ4v) is 0. The third kappa shape index (κ3) is 41300. The lowest BCUT2D eigenvalue weighted by atomic mass is 10.6. The lowest BCUT2D eigenvalue weighted by Gasteiger charge is -1.48. The maximum absolute atomic E-state index is 3.36. The fraction of sp³-hybridized carbons (Fsp3) is 0.750. The van der Waals surface area contributed by atoms with E-state index in [9.17, 15) is 0 Å². The van der Waals surface area contributed by atoms with Crippen molar-refractivity contribution in [2.75, 3.05) is 0 Å². The minimum Gasteiger partial charge on any atom is -0.103 e. The van der Waals surface area contributed by atoms with Gasteiger partial charge in [0.15, 0.2) is 0 Å². The molecule has 0 saturated heterocycles. The van der Waals surface area contributed by atoms with Crippen molar-refractivity contribution in [1.82, 2.24) is 0 Å². The Morgan fingerprint density at radius 3 is 0.179 bits per heavy atom. The maximum atomic E-state index is 3.36. The molecule has 0 aromatic heterocycles. The van der Waals surface area contributed by atoms with Gasteiger partial charge in [-0.1, -0.05) is 284 Å². The quantitative estimate of drug-likeness (QED) is 0.214. The number of hydrogen-bond acceptors (Lipinski definition) is 0. The second-order valence-electron chi connectivity index (χ2n) is 3.56. The molecule has 0 bridgehead atoms. The van der Waals surface area contributed by atoms with Gasteiger partial charge in [0, 0.05) is 0 Å². The SMILES string of the molecule is C=CC.C=CC.C=CC.C=CC.C=CC.C=CC.C=CC.CC.CC.CC.CC.CC.CC.CC.CC.CC.CC.CC.CC.CC.CC.CC.CC.CCC. The molecule has 0 aliphatic heterocycles. The highest BCUT2D eigenvalue weighted by Gasteiger charge is 1.35. The molecule has 0 aliphatic rings. The summed E-state index contributed by atoms with van der Waals surface area (Å²) in [4.78, 5) is 0. The molecule has 0 N–H and O–H groups in total. The van der Waals surface area contributed by atoms with Gasteiger partial charge in [0.2, 0.25) is 0 Å². The average Bonchev–Trinajstić information content (AvgIpc) is 3.31. The zero-order valence-corrected chi connectivity index (χ0v) is 50.7. The summed E-state index contributed by atoms with van der Waals surface area (Å²) in [6.45, 7) is 105. The molecular formula is C56H146. The number of hydrogen-bond donors (Lipinski definition) is 0. The molecule has 0 amide bonds. The highest BCUT2D eigenvalue weighted by molar-refractivity contribution is 4.53. The van der Waals surface area contributed by atoms with Gasteiger partial charge in [0.1, 0.15) is 0 Å². The van der Waals surface area contributed by atoms with Crippen LogP contribution < -0.4 is 0 Å². The molecule has 0 atom stereocenters. The Morgan fingerprint density at radius 2 is 0.179 bits per heavy atom. The van der Waals surface area contributed by atoms with E-state index in [4.69, 9.17) is 0 Å². The molecule has 0 unspecified atom stereocenters. The molecule has 0 spiro atoms. The monoisotopic (exact) mass is 819 g/mol. The van der Waals surface area contributed by atoms with E-state index >= 15 is 0 Å². The summed E-state index contributed by atoms with van der Waals surface area (Å²) in [5.41, 5.74) is 0. The van der Waals surface area contributed by atoms with E-state index in [1.54, 1.807) is 42.5 Å². The van der Waals surface area contributed by atoms with E-state index in [0.717, 1.165) is 0 Å². The van der Waals surface area contributed by atoms with Crippen molar-refractivity contribution in [2.45, 2.75) is 290 Å². The molecule has 0 heteroatoms. The molecule has 0 radical (unpaired) electrons. The van der Waals surface area contributed by atoms with Gasteiger partial charge >= 0.3 is 0 Å². The van der Waals surface area contributed by atoms with E-state index in [1.165, 1.54) is 6.42 Å². The van der Waals surface area contributed by atoms with Crippen LogP contribution in [0.3, 0.4) is 0 Å². The van der Waals surface area contributed by atoms with Gasteiger partial charge in [-0.3, -0.25) is 0 Å². The van der Waals surface area contributed by atoms with E-state index < -0.39 is 0 Å². The first-order valence-corrected chi connectivity index (χ1v) is 24.3. The highest BCUT2D eigenvalue weighted by Crippen LogP contribution is 1.56. The first-order chi connectivity index (χ1) is 27.3. The Bertz CT molecular complexity index is 123. The van der Waals surface area contributed by atoms with Crippen molar-refractivity contribution in [3.63, 3.8) is 0 Å². The minimum atomic E-state index is 1.25. The normalized spacial score (nSPS) is 3.66. The second kappa shape index (κ2) is 3790. The van der Waals surface area contributed by atoms with Gasteiger partial charge in [0.05, 0.1) is 0 Å². The predicted octanol–water partition coefficient (Wildman–Crippen LogP) is 26.2. The third-order valence-electron chi connectivity index (χ3n) is 0. The zero-order chi connectivity index (χ0) is 53.7. The van der Waals surface area contributed by atoms with E-state index in [0.29, 0.717) is 0 Å². The molecule has 0 aromatic rings. The third-order valence-corrected chi connectivity index (χ3v) is 0. The summed E-state index contributed by atoms with van der Waals surface area (Å²) in [6.07, 6.45) is 13.5. The minimum absolute atomic E-state index is 1.25. The first-order valence-electron chi connectivity index (χ1n) is 24.3. The second-order valence-corrected chi connectivity index (χ2v) is 3.56. The van der Waals surface area contributed by atoms with Gasteiger partial charge in [-0.05, 0) is 48.5 Å². The van der Waals surface area contributed by atoms with E-state index in [2.05, 4.69) is 59.9 Å². The Morgan fingerprint density at radius 1 is 0.179 bits per heavy atom. The van der Waals surface area contributed by atoms with Crippen molar-refractivity contribution in [3.8, 4) is 0 Å². The van der Waals surface area contributed by atoms with Gasteiger partial charge in [-0.25, -0.2) is 0 Å². The van der Waals surface area contributed by atoms with Crippen LogP contribution in [0.1, 0.15) is 290 Å². The summed E-state index contributed by atoms with van der Waals surface area (Å²) in [7, 11) is 0. The van der Waals surface area contributed by atoms with Gasteiger partial charge in [-0.2, -0.15) is 0 Å². The van der Waals surface area contributed by atoms with Crippen LogP contribution >= 0.6 is 0 Å². The summed E-state index contributed by atoms with van der Waals surface area (Å²) >= 11 is 0. The molecule has 56 heavy (non-hydrogen) atoms. The Kier molecular flexibility index (Phi) is 11400. The van der Waals surface area contributed by atoms with Crippen LogP contribution in [-0.4, -0.2) is 0 Å². The van der Waals surface area contributed by atoms with E-state index in [1.807, 2.05) is 270 Å². The molecule has 0 rings (SSSR count). The van der Waals surface area contributed by atoms with Crippen LogP contribution in [0.2, 0.25) is 0 Å². The largest absolute Gasteiger partial charge is 0.103 e. The smallest absolute Gasteiger partial charge is 0.0473 e. The summed E-state index contributed by atoms with van der Waals surface area (Å²) in [6, 6.07) is 0.